The van der Waals surface area contributed by atoms with Crippen LogP contribution in [-0.4, -0.2) is 24.0 Å². The molecule has 2 aromatic rings. The van der Waals surface area contributed by atoms with Crippen LogP contribution in [0, 0.1) is 6.92 Å². The van der Waals surface area contributed by atoms with E-state index < -0.39 is 0 Å². The number of amides is 1. The van der Waals surface area contributed by atoms with Gasteiger partial charge in [0, 0.05) is 25.8 Å². The van der Waals surface area contributed by atoms with Crippen LogP contribution in [0.25, 0.3) is 0 Å². The number of aromatic nitrogens is 1. The summed E-state index contributed by atoms with van der Waals surface area (Å²) in [6.45, 7) is 4.69. The number of nitrogens with zero attached hydrogens (tertiary/aromatic N) is 2. The molecule has 1 aromatic heterocycles. The van der Waals surface area contributed by atoms with E-state index in [2.05, 4.69) is 34.3 Å². The third-order valence-corrected chi connectivity index (χ3v) is 4.03. The maximum absolute atomic E-state index is 12.3. The molecule has 0 atom stereocenters. The van der Waals surface area contributed by atoms with Gasteiger partial charge in [0.2, 0.25) is 0 Å². The fourth-order valence-electron chi connectivity index (χ4n) is 2.69. The van der Waals surface area contributed by atoms with E-state index in [4.69, 9.17) is 0 Å². The van der Waals surface area contributed by atoms with Crippen LogP contribution in [0.2, 0.25) is 0 Å². The van der Waals surface area contributed by atoms with Crippen LogP contribution < -0.4 is 10.2 Å². The van der Waals surface area contributed by atoms with Gasteiger partial charge in [-0.1, -0.05) is 29.8 Å². The minimum atomic E-state index is -0.0749. The molecule has 3 rings (SSSR count). The third-order valence-electron chi connectivity index (χ3n) is 4.03. The van der Waals surface area contributed by atoms with Crippen molar-refractivity contribution in [2.45, 2.75) is 26.3 Å². The van der Waals surface area contributed by atoms with Gasteiger partial charge >= 0.3 is 0 Å². The van der Waals surface area contributed by atoms with E-state index in [0.29, 0.717) is 12.1 Å². The van der Waals surface area contributed by atoms with Crippen molar-refractivity contribution in [3.05, 3.63) is 59.4 Å². The first-order chi connectivity index (χ1) is 10.7. The summed E-state index contributed by atoms with van der Waals surface area (Å²) in [6.07, 6.45) is 5.89. The van der Waals surface area contributed by atoms with Gasteiger partial charge in [-0.2, -0.15) is 0 Å². The number of aryl methyl sites for hydroxylation is 1. The van der Waals surface area contributed by atoms with Crippen molar-refractivity contribution in [2.75, 3.05) is 18.0 Å². The van der Waals surface area contributed by atoms with Gasteiger partial charge in [-0.3, -0.25) is 9.78 Å². The van der Waals surface area contributed by atoms with Gasteiger partial charge in [0.05, 0.1) is 17.4 Å². The highest BCUT2D eigenvalue weighted by Crippen LogP contribution is 2.20. The lowest BCUT2D eigenvalue weighted by molar-refractivity contribution is 0.0950. The smallest absolute Gasteiger partial charge is 0.253 e. The average Bonchev–Trinajstić information content (AvgIpc) is 3.09. The fraction of sp³-hybridized carbons (Fsp3) is 0.333. The van der Waals surface area contributed by atoms with Gasteiger partial charge in [-0.15, -0.1) is 0 Å². The number of nitrogens with one attached hydrogen (secondary N) is 1. The average molecular weight is 295 g/mol. The van der Waals surface area contributed by atoms with E-state index >= 15 is 0 Å². The van der Waals surface area contributed by atoms with Crippen molar-refractivity contribution in [1.82, 2.24) is 10.3 Å². The number of rotatable bonds is 4. The van der Waals surface area contributed by atoms with E-state index in [1.165, 1.54) is 18.4 Å². The van der Waals surface area contributed by atoms with Gasteiger partial charge in [-0.25, -0.2) is 0 Å². The highest BCUT2D eigenvalue weighted by atomic mass is 16.1. The van der Waals surface area contributed by atoms with Crippen molar-refractivity contribution >= 4 is 11.6 Å². The molecule has 1 amide bonds. The number of anilines is 1. The molecule has 0 aliphatic carbocycles. The monoisotopic (exact) mass is 295 g/mol. The summed E-state index contributed by atoms with van der Waals surface area (Å²) in [5.41, 5.74) is 3.98. The van der Waals surface area contributed by atoms with Crippen LogP contribution >= 0.6 is 0 Å². The Bertz CT molecular complexity index is 646. The SMILES string of the molecule is Cc1ccc(CNC(=O)c2cncc(N3CCCC3)c2)cc1. The first-order valence-corrected chi connectivity index (χ1v) is 7.76. The highest BCUT2D eigenvalue weighted by Gasteiger charge is 2.14. The van der Waals surface area contributed by atoms with Crippen molar-refractivity contribution in [3.8, 4) is 0 Å². The van der Waals surface area contributed by atoms with Crippen molar-refractivity contribution < 1.29 is 4.79 Å². The van der Waals surface area contributed by atoms with Crippen molar-refractivity contribution in [1.29, 1.82) is 0 Å². The maximum atomic E-state index is 12.3. The Morgan fingerprint density at radius 2 is 1.91 bits per heavy atom. The van der Waals surface area contributed by atoms with Crippen LogP contribution in [-0.2, 0) is 6.54 Å². The molecule has 4 heteroatoms. The van der Waals surface area contributed by atoms with E-state index in [1.54, 1.807) is 6.20 Å². The van der Waals surface area contributed by atoms with Gasteiger partial charge in [0.15, 0.2) is 0 Å². The van der Waals surface area contributed by atoms with E-state index in [1.807, 2.05) is 24.4 Å². The lowest BCUT2D eigenvalue weighted by Gasteiger charge is -2.17. The number of benzene rings is 1. The van der Waals surface area contributed by atoms with Crippen LogP contribution in [0.1, 0.15) is 34.3 Å². The molecule has 1 saturated heterocycles. The molecule has 1 fully saturated rings. The molecule has 0 saturated carbocycles. The molecular weight excluding hydrogens is 274 g/mol. The Hall–Kier alpha value is -2.36. The molecule has 0 spiro atoms. The summed E-state index contributed by atoms with van der Waals surface area (Å²) in [6, 6.07) is 10.1. The molecule has 114 valence electrons. The summed E-state index contributed by atoms with van der Waals surface area (Å²) in [7, 11) is 0. The zero-order valence-corrected chi connectivity index (χ0v) is 12.9. The van der Waals surface area contributed by atoms with Crippen LogP contribution in [0.3, 0.4) is 0 Å². The molecule has 4 nitrogen and oxygen atoms in total. The Morgan fingerprint density at radius 1 is 1.18 bits per heavy atom. The Morgan fingerprint density at radius 3 is 2.64 bits per heavy atom. The molecule has 0 bridgehead atoms. The molecule has 1 aromatic carbocycles. The summed E-state index contributed by atoms with van der Waals surface area (Å²) >= 11 is 0. The topological polar surface area (TPSA) is 45.2 Å². The first-order valence-electron chi connectivity index (χ1n) is 7.76. The Balaban J connectivity index is 1.64. The fourth-order valence-corrected chi connectivity index (χ4v) is 2.69. The predicted molar refractivity (Wildman–Crippen MR) is 88.0 cm³/mol. The zero-order chi connectivity index (χ0) is 15.4. The Kier molecular flexibility index (Phi) is 4.37. The zero-order valence-electron chi connectivity index (χ0n) is 12.9. The quantitative estimate of drug-likeness (QED) is 0.943. The second-order valence-electron chi connectivity index (χ2n) is 5.79. The summed E-state index contributed by atoms with van der Waals surface area (Å²) in [5.74, 6) is -0.0749. The molecule has 1 aliphatic rings. The second-order valence-corrected chi connectivity index (χ2v) is 5.79. The lowest BCUT2D eigenvalue weighted by Crippen LogP contribution is -2.24. The minimum absolute atomic E-state index is 0.0749. The second kappa shape index (κ2) is 6.60. The molecule has 1 N–H and O–H groups in total. The number of pyridine rings is 1. The molecule has 1 aliphatic heterocycles. The van der Waals surface area contributed by atoms with Gasteiger partial charge in [-0.05, 0) is 31.4 Å². The van der Waals surface area contributed by atoms with E-state index in [9.17, 15) is 4.79 Å². The summed E-state index contributed by atoms with van der Waals surface area (Å²) < 4.78 is 0. The first kappa shape index (κ1) is 14.6. The summed E-state index contributed by atoms with van der Waals surface area (Å²) in [5, 5.41) is 2.96. The number of hydrogen-bond acceptors (Lipinski definition) is 3. The largest absolute Gasteiger partial charge is 0.370 e. The maximum Gasteiger partial charge on any atom is 0.253 e. The summed E-state index contributed by atoms with van der Waals surface area (Å²) in [4.78, 5) is 18.8. The van der Waals surface area contributed by atoms with E-state index in [0.717, 1.165) is 24.3 Å². The molecule has 2 heterocycles. The molecule has 22 heavy (non-hydrogen) atoms. The lowest BCUT2D eigenvalue weighted by atomic mass is 10.1. The van der Waals surface area contributed by atoms with Gasteiger partial charge < -0.3 is 10.2 Å². The third kappa shape index (κ3) is 3.45. The van der Waals surface area contributed by atoms with Crippen LogP contribution in [0.4, 0.5) is 5.69 Å². The van der Waals surface area contributed by atoms with Crippen molar-refractivity contribution in [2.24, 2.45) is 0 Å². The number of carbonyl (C=O) groups is 1. The molecular formula is C18H21N3O. The number of hydrogen-bond donors (Lipinski definition) is 1. The van der Waals surface area contributed by atoms with Crippen molar-refractivity contribution in [3.63, 3.8) is 0 Å². The standard InChI is InChI=1S/C18H21N3O/c1-14-4-6-15(7-5-14)11-20-18(22)16-10-17(13-19-12-16)21-8-2-3-9-21/h4-7,10,12-13H,2-3,8-9,11H2,1H3,(H,20,22). The minimum Gasteiger partial charge on any atom is -0.370 e. The highest BCUT2D eigenvalue weighted by molar-refractivity contribution is 5.94. The molecule has 0 unspecified atom stereocenters. The van der Waals surface area contributed by atoms with Gasteiger partial charge in [0.1, 0.15) is 0 Å². The normalized spacial score (nSPS) is 14.1. The van der Waals surface area contributed by atoms with Crippen LogP contribution in [0.5, 0.6) is 0 Å². The Labute approximate surface area is 131 Å². The number of carbonyl (C=O) groups excluding carboxylic acids is 1. The van der Waals surface area contributed by atoms with E-state index in [-0.39, 0.29) is 5.91 Å². The predicted octanol–water partition coefficient (Wildman–Crippen LogP) is 2.92. The van der Waals surface area contributed by atoms with Crippen LogP contribution in [0.15, 0.2) is 42.7 Å². The van der Waals surface area contributed by atoms with Gasteiger partial charge in [0.25, 0.3) is 5.91 Å². The molecule has 0 radical (unpaired) electrons.